The van der Waals surface area contributed by atoms with Crippen LogP contribution in [0.1, 0.15) is 6.92 Å². The number of carbonyl (C=O) groups excluding carboxylic acids is 1. The Kier molecular flexibility index (Phi) is 6.72. The van der Waals surface area contributed by atoms with Gasteiger partial charge < -0.3 is 5.32 Å². The lowest BCUT2D eigenvalue weighted by molar-refractivity contribution is -0.0309. The van der Waals surface area contributed by atoms with E-state index >= 15 is 0 Å². The van der Waals surface area contributed by atoms with Gasteiger partial charge in [-0.1, -0.05) is 11.6 Å². The van der Waals surface area contributed by atoms with E-state index in [4.69, 9.17) is 16.4 Å². The quantitative estimate of drug-likeness (QED) is 0.659. The van der Waals surface area contributed by atoms with Gasteiger partial charge in [-0.2, -0.15) is 5.01 Å². The maximum absolute atomic E-state index is 13.6. The van der Waals surface area contributed by atoms with Crippen molar-refractivity contribution in [2.45, 2.75) is 6.92 Å². The first-order chi connectivity index (χ1) is 9.08. The number of hydrogen-bond donors (Lipinski definition) is 2. The second-order valence-electron chi connectivity index (χ2n) is 3.32. The normalized spacial score (nSPS) is 10.2. The van der Waals surface area contributed by atoms with E-state index < -0.39 is 5.82 Å². The molecule has 0 aliphatic heterocycles. The Morgan fingerprint density at radius 1 is 1.63 bits per heavy atom. The summed E-state index contributed by atoms with van der Waals surface area (Å²) in [5.74, 6) is -0.527. The Hall–Kier alpha value is -1.21. The molecule has 0 spiro atoms. The van der Waals surface area contributed by atoms with Crippen molar-refractivity contribution in [3.8, 4) is 0 Å². The average Bonchev–Trinajstić information content (AvgIpc) is 2.38. The molecule has 1 aromatic rings. The third-order valence-corrected chi connectivity index (χ3v) is 2.85. The van der Waals surface area contributed by atoms with Crippen molar-refractivity contribution in [3.05, 3.63) is 29.0 Å². The number of nitrogens with zero attached hydrogens (tertiary/aromatic N) is 1. The van der Waals surface area contributed by atoms with Gasteiger partial charge in [-0.15, -0.1) is 5.59 Å². The van der Waals surface area contributed by atoms with Crippen LogP contribution in [0.2, 0.25) is 5.02 Å². The van der Waals surface area contributed by atoms with Crippen LogP contribution in [-0.4, -0.2) is 29.0 Å². The van der Waals surface area contributed by atoms with E-state index in [1.54, 1.807) is 19.2 Å². The van der Waals surface area contributed by atoms with Gasteiger partial charge in [0, 0.05) is 12.1 Å². The van der Waals surface area contributed by atoms with Crippen molar-refractivity contribution >= 4 is 38.6 Å². The van der Waals surface area contributed by atoms with Crippen LogP contribution in [0.3, 0.4) is 0 Å². The molecule has 0 heterocycles. The minimum atomic E-state index is -0.527. The van der Waals surface area contributed by atoms with Crippen LogP contribution in [0.5, 0.6) is 0 Å². The second kappa shape index (κ2) is 8.06. The van der Waals surface area contributed by atoms with E-state index in [9.17, 15) is 9.18 Å². The fourth-order valence-corrected chi connectivity index (χ4v) is 1.70. The highest BCUT2D eigenvalue weighted by Crippen LogP contribution is 2.19. The van der Waals surface area contributed by atoms with Gasteiger partial charge in [0.05, 0.1) is 12.3 Å². The molecule has 0 aliphatic carbocycles. The van der Waals surface area contributed by atoms with Crippen molar-refractivity contribution < 1.29 is 14.0 Å². The highest BCUT2D eigenvalue weighted by Gasteiger charge is 2.09. The molecule has 0 aliphatic rings. The molecule has 0 unspecified atom stereocenters. The highest BCUT2D eigenvalue weighted by molar-refractivity contribution is 7.96. The first-order valence-corrected chi connectivity index (χ1v) is 6.52. The Balaban J connectivity index is 2.91. The van der Waals surface area contributed by atoms with Gasteiger partial charge in [0.2, 0.25) is 0 Å². The highest BCUT2D eigenvalue weighted by atomic mass is 35.5. The fourth-order valence-electron chi connectivity index (χ4n) is 1.13. The molecule has 0 amide bonds. The summed E-state index contributed by atoms with van der Waals surface area (Å²) in [6, 6.07) is 4.18. The number of halogens is 2. The molecular weight excluding hydrogens is 293 g/mol. The van der Waals surface area contributed by atoms with E-state index in [0.29, 0.717) is 16.7 Å². The van der Waals surface area contributed by atoms with Crippen LogP contribution in [0, 0.1) is 5.82 Å². The maximum Gasteiger partial charge on any atom is 0.194 e. The molecule has 0 atom stereocenters. The summed E-state index contributed by atoms with van der Waals surface area (Å²) in [5, 5.41) is 6.41. The number of anilines is 1. The zero-order valence-corrected chi connectivity index (χ0v) is 11.9. The van der Waals surface area contributed by atoms with Gasteiger partial charge in [-0.3, -0.25) is 4.84 Å². The third kappa shape index (κ3) is 5.12. The summed E-state index contributed by atoms with van der Waals surface area (Å²) in [4.78, 5) is 15.5. The molecule has 0 fully saturated rings. The number of rotatable bonds is 4. The second-order valence-corrected chi connectivity index (χ2v) is 4.52. The van der Waals surface area contributed by atoms with Crippen molar-refractivity contribution in [2.75, 3.05) is 19.0 Å². The summed E-state index contributed by atoms with van der Waals surface area (Å²) >= 11 is 5.66. The van der Waals surface area contributed by atoms with Gasteiger partial charge in [-0.05, 0) is 36.1 Å². The predicted molar refractivity (Wildman–Crippen MR) is 75.8 cm³/mol. The van der Waals surface area contributed by atoms with E-state index in [1.165, 1.54) is 23.2 Å². The Morgan fingerprint density at radius 2 is 2.37 bits per heavy atom. The SMILES string of the molecule is CCONN(C)C(Nc1ccc(Cl)cc1F)=S=C=O. The van der Waals surface area contributed by atoms with Crippen LogP contribution in [0.4, 0.5) is 10.1 Å². The molecule has 0 saturated carbocycles. The minimum Gasteiger partial charge on any atom is -0.334 e. The lowest BCUT2D eigenvalue weighted by Gasteiger charge is -2.19. The van der Waals surface area contributed by atoms with E-state index in [0.717, 1.165) is 10.9 Å². The summed E-state index contributed by atoms with van der Waals surface area (Å²) in [7, 11) is 2.33. The van der Waals surface area contributed by atoms with Gasteiger partial charge in [0.1, 0.15) is 5.82 Å². The third-order valence-electron chi connectivity index (χ3n) is 1.96. The molecule has 1 aromatic carbocycles. The van der Waals surface area contributed by atoms with Crippen LogP contribution >= 0.6 is 22.5 Å². The monoisotopic (exact) mass is 305 g/mol. The lowest BCUT2D eigenvalue weighted by Crippen LogP contribution is -2.42. The van der Waals surface area contributed by atoms with E-state index in [1.807, 2.05) is 0 Å². The van der Waals surface area contributed by atoms with Crippen LogP contribution < -0.4 is 10.9 Å². The molecule has 1 rings (SSSR count). The minimum absolute atomic E-state index is 0.187. The average molecular weight is 306 g/mol. The topological polar surface area (TPSA) is 53.6 Å². The predicted octanol–water partition coefficient (Wildman–Crippen LogP) is 2.17. The zero-order valence-electron chi connectivity index (χ0n) is 10.4. The summed E-state index contributed by atoms with van der Waals surface area (Å²) < 4.78 is 13.6. The Bertz CT molecular complexity index is 531. The molecule has 0 aromatic heterocycles. The Morgan fingerprint density at radius 3 is 2.95 bits per heavy atom. The summed E-state index contributed by atoms with van der Waals surface area (Å²) in [6.07, 6.45) is 0. The zero-order chi connectivity index (χ0) is 14.3. The van der Waals surface area contributed by atoms with Crippen LogP contribution in [0.15, 0.2) is 18.2 Å². The Labute approximate surface area is 118 Å². The summed E-state index contributed by atoms with van der Waals surface area (Å²) in [5.41, 5.74) is 2.74. The van der Waals surface area contributed by atoms with Gasteiger partial charge >= 0.3 is 0 Å². The van der Waals surface area contributed by atoms with Gasteiger partial charge in [0.25, 0.3) is 0 Å². The number of hydrogen-bond acceptors (Lipinski definition) is 3. The largest absolute Gasteiger partial charge is 0.334 e. The molecule has 2 N–H and O–H groups in total. The lowest BCUT2D eigenvalue weighted by atomic mass is 10.3. The number of benzene rings is 1. The van der Waals surface area contributed by atoms with Gasteiger partial charge in [-0.25, -0.2) is 9.18 Å². The van der Waals surface area contributed by atoms with Crippen LogP contribution in [-0.2, 0) is 9.63 Å². The first kappa shape index (κ1) is 15.8. The summed E-state index contributed by atoms with van der Waals surface area (Å²) in [6.45, 7) is 2.23. The van der Waals surface area contributed by atoms with E-state index in [-0.39, 0.29) is 5.69 Å². The molecule has 0 radical (unpaired) electrons. The number of nitrogens with one attached hydrogen (secondary N) is 2. The standard InChI is InChI=1S/C11H13ClFN3O2S/c1-3-18-15-16(2)11(19-7-17)14-10-5-4-8(12)6-9(10)13/h4-6,14-15H,3H2,1-2H3. The molecular formula is C11H13ClFN3O2S. The van der Waals surface area contributed by atoms with E-state index in [2.05, 4.69) is 10.9 Å². The molecule has 104 valence electrons. The van der Waals surface area contributed by atoms with Crippen molar-refractivity contribution in [1.29, 1.82) is 0 Å². The molecule has 0 bridgehead atoms. The van der Waals surface area contributed by atoms with Crippen LogP contribution in [0.25, 0.3) is 0 Å². The first-order valence-electron chi connectivity index (χ1n) is 5.32. The van der Waals surface area contributed by atoms with Crippen molar-refractivity contribution in [2.24, 2.45) is 0 Å². The fraction of sp³-hybridized carbons (Fsp3) is 0.273. The van der Waals surface area contributed by atoms with Crippen molar-refractivity contribution in [3.63, 3.8) is 0 Å². The van der Waals surface area contributed by atoms with Crippen molar-refractivity contribution in [1.82, 2.24) is 10.6 Å². The molecule has 5 nitrogen and oxygen atoms in total. The molecule has 0 saturated heterocycles. The van der Waals surface area contributed by atoms with Gasteiger partial charge in [0.15, 0.2) is 10.3 Å². The maximum atomic E-state index is 13.6. The smallest absolute Gasteiger partial charge is 0.194 e. The number of hydrazine groups is 1. The molecule has 8 heteroatoms. The molecule has 19 heavy (non-hydrogen) atoms.